The number of thiazole rings is 1. The van der Waals surface area contributed by atoms with Crippen LogP contribution in [0.5, 0.6) is 0 Å². The first-order valence-electron chi connectivity index (χ1n) is 8.88. The van der Waals surface area contributed by atoms with Crippen molar-refractivity contribution in [3.05, 3.63) is 91.0 Å². The number of nitrogens with zero attached hydrogens (tertiary/aromatic N) is 2. The number of carbonyl (C=O) groups is 1. The van der Waals surface area contributed by atoms with Gasteiger partial charge in [-0.1, -0.05) is 41.7 Å². The second kappa shape index (κ2) is 7.44. The second-order valence-electron chi connectivity index (χ2n) is 6.23. The van der Waals surface area contributed by atoms with Crippen LogP contribution >= 0.6 is 11.3 Å². The van der Waals surface area contributed by atoms with Crippen LogP contribution in [0.25, 0.3) is 6.08 Å². The molecule has 6 nitrogen and oxygen atoms in total. The quantitative estimate of drug-likeness (QED) is 0.637. The summed E-state index contributed by atoms with van der Waals surface area (Å²) >= 11 is 1.27. The third-order valence-electron chi connectivity index (χ3n) is 4.45. The fraction of sp³-hybridized carbons (Fsp3) is 0.190. The Labute approximate surface area is 164 Å². The number of hydrogen-bond acceptors (Lipinski definition) is 6. The van der Waals surface area contributed by atoms with Crippen molar-refractivity contribution in [2.24, 2.45) is 4.99 Å². The molecule has 4 rings (SSSR count). The fourth-order valence-corrected chi connectivity index (χ4v) is 4.27. The third kappa shape index (κ3) is 3.14. The fourth-order valence-electron chi connectivity index (χ4n) is 3.24. The molecule has 3 heterocycles. The lowest BCUT2D eigenvalue weighted by molar-refractivity contribution is -0.139. The van der Waals surface area contributed by atoms with Gasteiger partial charge in [-0.3, -0.25) is 9.36 Å². The molecule has 0 N–H and O–H groups in total. The summed E-state index contributed by atoms with van der Waals surface area (Å²) in [6.45, 7) is 3.77. The summed E-state index contributed by atoms with van der Waals surface area (Å²) in [6, 6.07) is 12.4. The Hall–Kier alpha value is -3.19. The lowest BCUT2D eigenvalue weighted by Crippen LogP contribution is -2.39. The molecule has 1 aromatic carbocycles. The molecule has 3 aromatic rings. The molecule has 1 atom stereocenters. The first-order valence-corrected chi connectivity index (χ1v) is 9.70. The van der Waals surface area contributed by atoms with E-state index in [1.165, 1.54) is 11.3 Å². The van der Waals surface area contributed by atoms with Gasteiger partial charge < -0.3 is 9.15 Å². The molecule has 1 aliphatic heterocycles. The molecule has 0 radical (unpaired) electrons. The summed E-state index contributed by atoms with van der Waals surface area (Å²) in [5, 5.41) is 0. The van der Waals surface area contributed by atoms with Gasteiger partial charge in [-0.25, -0.2) is 9.79 Å². The Morgan fingerprint density at radius 2 is 2.07 bits per heavy atom. The van der Waals surface area contributed by atoms with Crippen LogP contribution in [0.2, 0.25) is 0 Å². The maximum Gasteiger partial charge on any atom is 0.338 e. The highest BCUT2D eigenvalue weighted by molar-refractivity contribution is 7.07. The molecule has 0 saturated carbocycles. The van der Waals surface area contributed by atoms with Crippen LogP contribution in [0.4, 0.5) is 0 Å². The summed E-state index contributed by atoms with van der Waals surface area (Å²) in [4.78, 5) is 31.0. The highest BCUT2D eigenvalue weighted by Crippen LogP contribution is 2.30. The molecular formula is C21H18N2O4S. The van der Waals surface area contributed by atoms with Crippen molar-refractivity contribution in [1.82, 2.24) is 4.57 Å². The average Bonchev–Trinajstić information content (AvgIpc) is 3.30. The van der Waals surface area contributed by atoms with Crippen LogP contribution in [0.1, 0.15) is 31.2 Å². The highest BCUT2D eigenvalue weighted by atomic mass is 32.1. The van der Waals surface area contributed by atoms with Gasteiger partial charge in [0.15, 0.2) is 4.80 Å². The molecule has 0 amide bonds. The number of esters is 1. The lowest BCUT2D eigenvalue weighted by atomic mass is 9.96. The van der Waals surface area contributed by atoms with Gasteiger partial charge in [0.05, 0.1) is 34.7 Å². The number of furan rings is 1. The summed E-state index contributed by atoms with van der Waals surface area (Å²) in [7, 11) is 0. The van der Waals surface area contributed by atoms with Crippen molar-refractivity contribution < 1.29 is 13.9 Å². The van der Waals surface area contributed by atoms with Gasteiger partial charge in [-0.2, -0.15) is 0 Å². The monoisotopic (exact) mass is 394 g/mol. The number of benzene rings is 1. The van der Waals surface area contributed by atoms with Gasteiger partial charge in [-0.15, -0.1) is 0 Å². The van der Waals surface area contributed by atoms with E-state index in [9.17, 15) is 9.59 Å². The van der Waals surface area contributed by atoms with E-state index in [0.29, 0.717) is 26.4 Å². The number of carbonyl (C=O) groups excluding carboxylic acids is 1. The molecule has 1 unspecified atom stereocenters. The van der Waals surface area contributed by atoms with E-state index in [4.69, 9.17) is 9.15 Å². The van der Waals surface area contributed by atoms with Gasteiger partial charge in [-0.05, 0) is 31.5 Å². The van der Waals surface area contributed by atoms with Gasteiger partial charge in [0.25, 0.3) is 5.56 Å². The number of aromatic nitrogens is 1. The first kappa shape index (κ1) is 18.2. The number of rotatable bonds is 4. The number of ether oxygens (including phenoxy) is 1. The van der Waals surface area contributed by atoms with E-state index >= 15 is 0 Å². The summed E-state index contributed by atoms with van der Waals surface area (Å²) in [6.07, 6.45) is 3.24. The van der Waals surface area contributed by atoms with Gasteiger partial charge in [0.2, 0.25) is 0 Å². The van der Waals surface area contributed by atoms with Crippen molar-refractivity contribution >= 4 is 23.4 Å². The molecule has 0 aliphatic carbocycles. The Kier molecular flexibility index (Phi) is 4.83. The third-order valence-corrected chi connectivity index (χ3v) is 5.43. The van der Waals surface area contributed by atoms with E-state index in [2.05, 4.69) is 4.99 Å². The normalized spacial score (nSPS) is 16.6. The van der Waals surface area contributed by atoms with Crippen LogP contribution < -0.4 is 14.9 Å². The Morgan fingerprint density at radius 1 is 1.29 bits per heavy atom. The first-order chi connectivity index (χ1) is 13.6. The average molecular weight is 394 g/mol. The molecule has 2 aromatic heterocycles. The van der Waals surface area contributed by atoms with Crippen LogP contribution in [0, 0.1) is 0 Å². The van der Waals surface area contributed by atoms with E-state index in [0.717, 1.165) is 5.56 Å². The summed E-state index contributed by atoms with van der Waals surface area (Å²) in [5.74, 6) is 0.126. The van der Waals surface area contributed by atoms with Crippen LogP contribution in [0.3, 0.4) is 0 Å². The number of fused-ring (bicyclic) bond motifs is 1. The van der Waals surface area contributed by atoms with Crippen molar-refractivity contribution in [2.45, 2.75) is 19.9 Å². The Balaban J connectivity index is 1.97. The second-order valence-corrected chi connectivity index (χ2v) is 7.24. The SMILES string of the molecule is CCOC(=O)C1=C(C)N=c2s/c(=C/c3ccco3)c(=O)n2C1c1ccccc1. The maximum absolute atomic E-state index is 13.2. The zero-order valence-electron chi connectivity index (χ0n) is 15.4. The Bertz CT molecular complexity index is 1220. The van der Waals surface area contributed by atoms with Crippen molar-refractivity contribution in [3.63, 3.8) is 0 Å². The van der Waals surface area contributed by atoms with E-state index in [-0.39, 0.29) is 12.2 Å². The van der Waals surface area contributed by atoms with Crippen LogP contribution in [0.15, 0.2) is 74.2 Å². The largest absolute Gasteiger partial charge is 0.465 e. The van der Waals surface area contributed by atoms with Gasteiger partial charge >= 0.3 is 5.97 Å². The maximum atomic E-state index is 13.2. The molecule has 0 fully saturated rings. The summed E-state index contributed by atoms with van der Waals surface area (Å²) in [5.41, 5.74) is 1.54. The molecule has 7 heteroatoms. The standard InChI is InChI=1S/C21H18N2O4S/c1-3-26-20(25)17-13(2)22-21-23(18(17)14-8-5-4-6-9-14)19(24)16(28-21)12-15-10-7-11-27-15/h4-12,18H,3H2,1-2H3/b16-12+. The predicted octanol–water partition coefficient (Wildman–Crippen LogP) is 2.39. The molecule has 0 spiro atoms. The molecule has 142 valence electrons. The van der Waals surface area contributed by atoms with Crippen LogP contribution in [-0.4, -0.2) is 17.1 Å². The van der Waals surface area contributed by atoms with E-state index < -0.39 is 12.0 Å². The van der Waals surface area contributed by atoms with Gasteiger partial charge in [0.1, 0.15) is 5.76 Å². The molecule has 28 heavy (non-hydrogen) atoms. The van der Waals surface area contributed by atoms with E-state index in [1.54, 1.807) is 42.9 Å². The molecule has 1 aliphatic rings. The highest BCUT2D eigenvalue weighted by Gasteiger charge is 2.33. The zero-order valence-corrected chi connectivity index (χ0v) is 16.2. The molecule has 0 saturated heterocycles. The lowest BCUT2D eigenvalue weighted by Gasteiger charge is -2.24. The van der Waals surface area contributed by atoms with Crippen LogP contribution in [-0.2, 0) is 9.53 Å². The number of hydrogen-bond donors (Lipinski definition) is 0. The van der Waals surface area contributed by atoms with Crippen molar-refractivity contribution in [2.75, 3.05) is 6.61 Å². The van der Waals surface area contributed by atoms with Crippen molar-refractivity contribution in [1.29, 1.82) is 0 Å². The summed E-state index contributed by atoms with van der Waals surface area (Å²) < 4.78 is 12.7. The minimum atomic E-state index is -0.588. The minimum absolute atomic E-state index is 0.219. The van der Waals surface area contributed by atoms with Gasteiger partial charge in [0, 0.05) is 6.08 Å². The number of allylic oxidation sites excluding steroid dienone is 1. The zero-order chi connectivity index (χ0) is 19.7. The molecule has 0 bridgehead atoms. The Morgan fingerprint density at radius 3 is 2.75 bits per heavy atom. The topological polar surface area (TPSA) is 73.8 Å². The van der Waals surface area contributed by atoms with Crippen molar-refractivity contribution in [3.8, 4) is 0 Å². The smallest absolute Gasteiger partial charge is 0.338 e. The molecular weight excluding hydrogens is 376 g/mol. The predicted molar refractivity (Wildman–Crippen MR) is 106 cm³/mol. The van der Waals surface area contributed by atoms with E-state index in [1.807, 2.05) is 30.3 Å². The minimum Gasteiger partial charge on any atom is -0.465 e.